The van der Waals surface area contributed by atoms with Gasteiger partial charge < -0.3 is 5.11 Å². The van der Waals surface area contributed by atoms with Crippen molar-refractivity contribution in [3.8, 4) is 0 Å². The molecule has 1 N–H and O–H groups in total. The molecule has 2 aliphatic rings. The summed E-state index contributed by atoms with van der Waals surface area (Å²) in [5.41, 5.74) is 0.747. The number of thioether (sulfide) groups is 1. The fourth-order valence-electron chi connectivity index (χ4n) is 2.77. The van der Waals surface area contributed by atoms with Crippen molar-refractivity contribution < 1.29 is 24.3 Å². The molecule has 2 fully saturated rings. The van der Waals surface area contributed by atoms with E-state index in [4.69, 9.17) is 28.9 Å². The number of likely N-dealkylation sites (tertiary alicyclic amines) is 1. The molecule has 0 bridgehead atoms. The molecule has 0 unspecified atom stereocenters. The van der Waals surface area contributed by atoms with Gasteiger partial charge >= 0.3 is 5.97 Å². The molecule has 0 saturated carbocycles. The van der Waals surface area contributed by atoms with Crippen LogP contribution in [0.3, 0.4) is 0 Å². The van der Waals surface area contributed by atoms with Gasteiger partial charge in [0.1, 0.15) is 10.4 Å². The maximum absolute atomic E-state index is 12.7. The molecule has 0 spiro atoms. The number of carbonyl (C=O) groups is 4. The maximum atomic E-state index is 12.7. The Hall–Kier alpha value is -2.23. The molecule has 0 aliphatic carbocycles. The second kappa shape index (κ2) is 7.79. The summed E-state index contributed by atoms with van der Waals surface area (Å²) in [6.45, 7) is -0.223. The molecule has 2 saturated heterocycles. The Morgan fingerprint density at radius 1 is 1.30 bits per heavy atom. The van der Waals surface area contributed by atoms with Crippen LogP contribution < -0.4 is 0 Å². The summed E-state index contributed by atoms with van der Waals surface area (Å²) in [5.74, 6) is -2.69. The molecule has 1 atom stereocenters. The zero-order valence-electron chi connectivity index (χ0n) is 13.8. The summed E-state index contributed by atoms with van der Waals surface area (Å²) in [7, 11) is 0. The molecular weight excluding hydrogens is 412 g/mol. The maximum Gasteiger partial charge on any atom is 0.305 e. The summed E-state index contributed by atoms with van der Waals surface area (Å²) >= 11 is 12.1. The molecule has 2 aliphatic heterocycles. The van der Waals surface area contributed by atoms with Gasteiger partial charge in [0.05, 0.1) is 17.7 Å². The second-order valence-electron chi connectivity index (χ2n) is 5.85. The number of hydrogen-bond acceptors (Lipinski definition) is 6. The number of nitrogens with zero attached hydrogens (tertiary/aromatic N) is 2. The predicted molar refractivity (Wildman–Crippen MR) is 104 cm³/mol. The number of carbonyl (C=O) groups excluding carboxylic acids is 3. The number of benzene rings is 1. The number of halogens is 1. The van der Waals surface area contributed by atoms with E-state index in [1.807, 2.05) is 0 Å². The topological polar surface area (TPSA) is 95.0 Å². The van der Waals surface area contributed by atoms with Crippen LogP contribution >= 0.6 is 35.6 Å². The van der Waals surface area contributed by atoms with Crippen LogP contribution in [0.2, 0.25) is 5.02 Å². The number of carboxylic acids is 1. The van der Waals surface area contributed by atoms with Gasteiger partial charge in [-0.3, -0.25) is 29.0 Å². The third-order valence-corrected chi connectivity index (χ3v) is 5.65. The van der Waals surface area contributed by atoms with Crippen LogP contribution in [0.15, 0.2) is 29.2 Å². The number of hydrogen-bond donors (Lipinski definition) is 1. The largest absolute Gasteiger partial charge is 0.481 e. The second-order valence-corrected chi connectivity index (χ2v) is 7.96. The van der Waals surface area contributed by atoms with Gasteiger partial charge in [-0.25, -0.2) is 0 Å². The molecule has 3 amide bonds. The molecule has 0 aromatic heterocycles. The standard InChI is InChI=1S/C17H13ClN2O5S2/c18-10-3-1-9(2-4-10)7-12-16(25)20(17(26)27-12)11-8-13(21)19(15(11)24)6-5-14(22)23/h1-4,7,11H,5-6,8H2,(H,22,23)/b12-7-/t11-/m1/s1. The lowest BCUT2D eigenvalue weighted by Crippen LogP contribution is -2.44. The summed E-state index contributed by atoms with van der Waals surface area (Å²) in [6.07, 6.45) is 1.08. The lowest BCUT2D eigenvalue weighted by atomic mass is 10.2. The number of amides is 3. The number of rotatable bonds is 5. The first-order valence-electron chi connectivity index (χ1n) is 7.86. The minimum atomic E-state index is -1.12. The minimum Gasteiger partial charge on any atom is -0.481 e. The first kappa shape index (κ1) is 19.5. The van der Waals surface area contributed by atoms with E-state index in [1.165, 1.54) is 0 Å². The van der Waals surface area contributed by atoms with Crippen molar-refractivity contribution in [2.75, 3.05) is 6.54 Å². The average molecular weight is 425 g/mol. The Kier molecular flexibility index (Phi) is 5.64. The third-order valence-electron chi connectivity index (χ3n) is 4.07. The van der Waals surface area contributed by atoms with Crippen molar-refractivity contribution >= 4 is 69.7 Å². The number of carboxylic acid groups (broad SMARTS) is 1. The molecule has 140 valence electrons. The van der Waals surface area contributed by atoms with Crippen LogP contribution in [0.5, 0.6) is 0 Å². The van der Waals surface area contributed by atoms with E-state index >= 15 is 0 Å². The van der Waals surface area contributed by atoms with E-state index in [9.17, 15) is 19.2 Å². The van der Waals surface area contributed by atoms with Crippen molar-refractivity contribution in [3.05, 3.63) is 39.8 Å². The smallest absolute Gasteiger partial charge is 0.305 e. The van der Waals surface area contributed by atoms with Crippen LogP contribution in [-0.2, 0) is 19.2 Å². The molecule has 27 heavy (non-hydrogen) atoms. The molecule has 0 radical (unpaired) electrons. The van der Waals surface area contributed by atoms with Gasteiger partial charge in [0.2, 0.25) is 5.91 Å². The monoisotopic (exact) mass is 424 g/mol. The van der Waals surface area contributed by atoms with Crippen LogP contribution in [0.25, 0.3) is 6.08 Å². The summed E-state index contributed by atoms with van der Waals surface area (Å²) < 4.78 is 0.187. The fraction of sp³-hybridized carbons (Fsp3) is 0.235. The van der Waals surface area contributed by atoms with E-state index in [-0.39, 0.29) is 23.7 Å². The van der Waals surface area contributed by atoms with E-state index in [0.29, 0.717) is 9.93 Å². The molecule has 1 aromatic carbocycles. The van der Waals surface area contributed by atoms with Gasteiger partial charge in [-0.2, -0.15) is 0 Å². The van der Waals surface area contributed by atoms with Gasteiger partial charge in [-0.15, -0.1) is 0 Å². The van der Waals surface area contributed by atoms with Gasteiger partial charge in [0.25, 0.3) is 11.8 Å². The number of aliphatic carboxylic acids is 1. The molecule has 2 heterocycles. The molecule has 10 heteroatoms. The highest BCUT2D eigenvalue weighted by molar-refractivity contribution is 8.26. The molecule has 7 nitrogen and oxygen atoms in total. The van der Waals surface area contributed by atoms with Crippen molar-refractivity contribution in [1.82, 2.24) is 9.80 Å². The molecule has 1 aromatic rings. The normalized spacial score (nSPS) is 21.7. The Morgan fingerprint density at radius 3 is 2.59 bits per heavy atom. The lowest BCUT2D eigenvalue weighted by Gasteiger charge is -2.21. The number of imide groups is 1. The minimum absolute atomic E-state index is 0.187. The van der Waals surface area contributed by atoms with Gasteiger partial charge in [-0.05, 0) is 23.8 Å². The predicted octanol–water partition coefficient (Wildman–Crippen LogP) is 2.14. The van der Waals surface area contributed by atoms with E-state index in [0.717, 1.165) is 27.1 Å². The average Bonchev–Trinajstić information content (AvgIpc) is 3.03. The van der Waals surface area contributed by atoms with Crippen molar-refractivity contribution in [1.29, 1.82) is 0 Å². The van der Waals surface area contributed by atoms with Crippen LogP contribution in [-0.4, -0.2) is 55.5 Å². The Bertz CT molecular complexity index is 884. The van der Waals surface area contributed by atoms with Crippen molar-refractivity contribution in [2.45, 2.75) is 18.9 Å². The summed E-state index contributed by atoms with van der Waals surface area (Å²) in [4.78, 5) is 50.4. The van der Waals surface area contributed by atoms with E-state index < -0.39 is 29.7 Å². The lowest BCUT2D eigenvalue weighted by molar-refractivity contribution is -0.142. The SMILES string of the molecule is O=C(O)CCN1C(=O)C[C@@H](N2C(=O)/C(=C/c3ccc(Cl)cc3)SC2=S)C1=O. The van der Waals surface area contributed by atoms with Crippen molar-refractivity contribution in [2.24, 2.45) is 0 Å². The third kappa shape index (κ3) is 4.05. The fourth-order valence-corrected chi connectivity index (χ4v) is 4.25. The first-order valence-corrected chi connectivity index (χ1v) is 9.47. The summed E-state index contributed by atoms with van der Waals surface area (Å²) in [5, 5.41) is 9.31. The van der Waals surface area contributed by atoms with E-state index in [2.05, 4.69) is 0 Å². The zero-order valence-corrected chi connectivity index (χ0v) is 16.1. The highest BCUT2D eigenvalue weighted by Crippen LogP contribution is 2.36. The Labute approximate surface area is 168 Å². The summed E-state index contributed by atoms with van der Waals surface area (Å²) in [6, 6.07) is 5.83. The first-order chi connectivity index (χ1) is 12.8. The highest BCUT2D eigenvalue weighted by atomic mass is 35.5. The van der Waals surface area contributed by atoms with Crippen LogP contribution in [0.4, 0.5) is 0 Å². The molecule has 3 rings (SSSR count). The van der Waals surface area contributed by atoms with Crippen LogP contribution in [0, 0.1) is 0 Å². The van der Waals surface area contributed by atoms with Crippen molar-refractivity contribution in [3.63, 3.8) is 0 Å². The zero-order chi connectivity index (χ0) is 19.7. The van der Waals surface area contributed by atoms with Crippen LogP contribution in [0.1, 0.15) is 18.4 Å². The number of thiocarbonyl (C=S) groups is 1. The Morgan fingerprint density at radius 2 is 1.96 bits per heavy atom. The quantitative estimate of drug-likeness (QED) is 0.439. The van der Waals surface area contributed by atoms with Gasteiger partial charge in [0.15, 0.2) is 0 Å². The molecular formula is C17H13ClN2O5S2. The Balaban J connectivity index is 1.79. The van der Waals surface area contributed by atoms with Gasteiger partial charge in [-0.1, -0.05) is 47.7 Å². The van der Waals surface area contributed by atoms with Gasteiger partial charge in [0, 0.05) is 11.6 Å². The van der Waals surface area contributed by atoms with E-state index in [1.54, 1.807) is 30.3 Å². The highest BCUT2D eigenvalue weighted by Gasteiger charge is 2.48.